The van der Waals surface area contributed by atoms with Crippen LogP contribution in [0, 0.1) is 6.92 Å². The number of aryl methyl sites for hydroxylation is 1. The zero-order valence-corrected chi connectivity index (χ0v) is 12.9. The average Bonchev–Trinajstić information content (AvgIpc) is 2.95. The molecule has 0 aliphatic heterocycles. The molecule has 1 aromatic carbocycles. The summed E-state index contributed by atoms with van der Waals surface area (Å²) in [6, 6.07) is 5.91. The predicted molar refractivity (Wildman–Crippen MR) is 86.2 cm³/mol. The Balaban J connectivity index is 2.07. The zero-order valence-electron chi connectivity index (χ0n) is 12.2. The molecule has 0 amide bonds. The number of rotatable bonds is 4. The molecule has 0 N–H and O–H groups in total. The van der Waals surface area contributed by atoms with Crippen LogP contribution < -0.4 is 0 Å². The van der Waals surface area contributed by atoms with Gasteiger partial charge in [-0.1, -0.05) is 17.7 Å². The summed E-state index contributed by atoms with van der Waals surface area (Å²) in [5.74, 6) is 0. The van der Waals surface area contributed by atoms with E-state index in [-0.39, 0.29) is 0 Å². The summed E-state index contributed by atoms with van der Waals surface area (Å²) in [4.78, 5) is 16.8. The van der Waals surface area contributed by atoms with Gasteiger partial charge in [-0.25, -0.2) is 19.9 Å². The van der Waals surface area contributed by atoms with Gasteiger partial charge >= 0.3 is 0 Å². The highest BCUT2D eigenvalue weighted by molar-refractivity contribution is 6.33. The van der Waals surface area contributed by atoms with Gasteiger partial charge in [0.15, 0.2) is 17.2 Å². The number of nitrogens with zero attached hydrogens (tertiary/aromatic N) is 5. The standard InChI is InChI=1S/C15H14ClN5O/c1-3-22-9-20-12-6-11(5-4-10(12)2)21-8-19-13-14(16)17-7-18-15(13)21/h4-9H,3H2,1-2H3. The van der Waals surface area contributed by atoms with Crippen LogP contribution in [0.25, 0.3) is 16.9 Å². The van der Waals surface area contributed by atoms with Crippen molar-refractivity contribution in [3.05, 3.63) is 41.6 Å². The fourth-order valence-electron chi connectivity index (χ4n) is 2.05. The normalized spacial score (nSPS) is 11.4. The quantitative estimate of drug-likeness (QED) is 0.420. The monoisotopic (exact) mass is 315 g/mol. The van der Waals surface area contributed by atoms with Crippen molar-refractivity contribution >= 4 is 34.9 Å². The van der Waals surface area contributed by atoms with Gasteiger partial charge in [0.05, 0.1) is 18.0 Å². The van der Waals surface area contributed by atoms with E-state index in [1.54, 1.807) is 6.33 Å². The highest BCUT2D eigenvalue weighted by Crippen LogP contribution is 2.25. The second kappa shape index (κ2) is 6.11. The molecule has 0 spiro atoms. The summed E-state index contributed by atoms with van der Waals surface area (Å²) in [5, 5.41) is 0.338. The summed E-state index contributed by atoms with van der Waals surface area (Å²) in [6.07, 6.45) is 4.55. The van der Waals surface area contributed by atoms with Crippen LogP contribution >= 0.6 is 11.6 Å². The van der Waals surface area contributed by atoms with Crippen molar-refractivity contribution in [1.29, 1.82) is 0 Å². The number of benzene rings is 1. The van der Waals surface area contributed by atoms with Crippen molar-refractivity contribution in [2.24, 2.45) is 4.99 Å². The van der Waals surface area contributed by atoms with Crippen LogP contribution in [-0.4, -0.2) is 32.5 Å². The van der Waals surface area contributed by atoms with Crippen molar-refractivity contribution in [3.63, 3.8) is 0 Å². The molecule has 0 aliphatic rings. The Bertz CT molecular complexity index is 843. The number of fused-ring (bicyclic) bond motifs is 1. The predicted octanol–water partition coefficient (Wildman–Crippen LogP) is 3.47. The topological polar surface area (TPSA) is 65.2 Å². The molecular formula is C15H14ClN5O. The van der Waals surface area contributed by atoms with Gasteiger partial charge in [-0.3, -0.25) is 4.57 Å². The summed E-state index contributed by atoms with van der Waals surface area (Å²) in [7, 11) is 0. The van der Waals surface area contributed by atoms with Crippen LogP contribution in [0.1, 0.15) is 12.5 Å². The molecule has 7 heteroatoms. The maximum atomic E-state index is 6.03. The molecule has 112 valence electrons. The molecule has 0 saturated heterocycles. The molecule has 2 heterocycles. The largest absolute Gasteiger partial charge is 0.483 e. The van der Waals surface area contributed by atoms with Gasteiger partial charge in [0.25, 0.3) is 0 Å². The number of aliphatic imine (C=N–C) groups is 1. The first-order valence-corrected chi connectivity index (χ1v) is 7.17. The van der Waals surface area contributed by atoms with E-state index in [2.05, 4.69) is 19.9 Å². The third-order valence-corrected chi connectivity index (χ3v) is 3.47. The van der Waals surface area contributed by atoms with Crippen LogP contribution in [0.3, 0.4) is 0 Å². The van der Waals surface area contributed by atoms with Gasteiger partial charge in [0.1, 0.15) is 18.2 Å². The van der Waals surface area contributed by atoms with E-state index in [0.29, 0.717) is 22.9 Å². The zero-order chi connectivity index (χ0) is 15.5. The maximum Gasteiger partial charge on any atom is 0.174 e. The molecular weight excluding hydrogens is 302 g/mol. The lowest BCUT2D eigenvalue weighted by Gasteiger charge is -2.07. The molecule has 22 heavy (non-hydrogen) atoms. The molecule has 0 radical (unpaired) electrons. The van der Waals surface area contributed by atoms with Gasteiger partial charge in [0, 0.05) is 0 Å². The maximum absolute atomic E-state index is 6.03. The minimum atomic E-state index is 0.338. The van der Waals surface area contributed by atoms with Crippen LogP contribution in [0.15, 0.2) is 35.8 Å². The van der Waals surface area contributed by atoms with Crippen molar-refractivity contribution in [2.75, 3.05) is 6.61 Å². The van der Waals surface area contributed by atoms with Gasteiger partial charge in [0.2, 0.25) is 0 Å². The molecule has 0 aliphatic carbocycles. The molecule has 0 bridgehead atoms. The highest BCUT2D eigenvalue weighted by Gasteiger charge is 2.10. The van der Waals surface area contributed by atoms with E-state index < -0.39 is 0 Å². The lowest BCUT2D eigenvalue weighted by atomic mass is 10.2. The smallest absolute Gasteiger partial charge is 0.174 e. The molecule has 0 fully saturated rings. The van der Waals surface area contributed by atoms with E-state index in [4.69, 9.17) is 16.3 Å². The minimum absolute atomic E-state index is 0.338. The number of imidazole rings is 1. The van der Waals surface area contributed by atoms with Crippen LogP contribution in [0.5, 0.6) is 0 Å². The van der Waals surface area contributed by atoms with Crippen LogP contribution in [0.2, 0.25) is 5.15 Å². The van der Waals surface area contributed by atoms with E-state index >= 15 is 0 Å². The third-order valence-electron chi connectivity index (χ3n) is 3.19. The second-order valence-electron chi connectivity index (χ2n) is 4.61. The highest BCUT2D eigenvalue weighted by atomic mass is 35.5. The van der Waals surface area contributed by atoms with E-state index in [9.17, 15) is 0 Å². The van der Waals surface area contributed by atoms with E-state index in [0.717, 1.165) is 16.9 Å². The Morgan fingerprint density at radius 3 is 3.00 bits per heavy atom. The first kappa shape index (κ1) is 14.5. The molecule has 0 atom stereocenters. The molecule has 0 unspecified atom stereocenters. The molecule has 3 aromatic rings. The Morgan fingerprint density at radius 1 is 1.32 bits per heavy atom. The fraction of sp³-hybridized carbons (Fsp3) is 0.200. The number of aromatic nitrogens is 4. The van der Waals surface area contributed by atoms with Crippen LogP contribution in [-0.2, 0) is 4.74 Å². The first-order valence-electron chi connectivity index (χ1n) is 6.79. The fourth-order valence-corrected chi connectivity index (χ4v) is 2.23. The summed E-state index contributed by atoms with van der Waals surface area (Å²) in [5.41, 5.74) is 4.00. The van der Waals surface area contributed by atoms with Crippen LogP contribution in [0.4, 0.5) is 5.69 Å². The van der Waals surface area contributed by atoms with Crippen molar-refractivity contribution in [1.82, 2.24) is 19.5 Å². The summed E-state index contributed by atoms with van der Waals surface area (Å²) >= 11 is 6.03. The Hall–Kier alpha value is -2.47. The Morgan fingerprint density at radius 2 is 2.18 bits per heavy atom. The Labute approximate surface area is 132 Å². The SMILES string of the molecule is CCOC=Nc1cc(-n2cnc3c(Cl)ncnc32)ccc1C. The lowest BCUT2D eigenvalue weighted by molar-refractivity contribution is 0.344. The second-order valence-corrected chi connectivity index (χ2v) is 4.97. The summed E-state index contributed by atoms with van der Waals surface area (Å²) < 4.78 is 7.01. The minimum Gasteiger partial charge on any atom is -0.483 e. The molecule has 3 rings (SSSR count). The first-order chi connectivity index (χ1) is 10.7. The van der Waals surface area contributed by atoms with Crippen molar-refractivity contribution in [2.45, 2.75) is 13.8 Å². The number of ether oxygens (including phenoxy) is 1. The summed E-state index contributed by atoms with van der Waals surface area (Å²) in [6.45, 7) is 4.49. The van der Waals surface area contributed by atoms with E-state index in [1.807, 2.05) is 36.6 Å². The van der Waals surface area contributed by atoms with Gasteiger partial charge in [-0.05, 0) is 31.5 Å². The molecule has 0 saturated carbocycles. The van der Waals surface area contributed by atoms with Crippen molar-refractivity contribution < 1.29 is 4.74 Å². The number of hydrogen-bond acceptors (Lipinski definition) is 5. The van der Waals surface area contributed by atoms with Gasteiger partial charge in [-0.2, -0.15) is 0 Å². The number of halogens is 1. The molecule has 6 nitrogen and oxygen atoms in total. The molecule has 2 aromatic heterocycles. The van der Waals surface area contributed by atoms with Crippen molar-refractivity contribution in [3.8, 4) is 5.69 Å². The lowest BCUT2D eigenvalue weighted by Crippen LogP contribution is -1.95. The number of hydrogen-bond donors (Lipinski definition) is 0. The Kier molecular flexibility index (Phi) is 4.02. The van der Waals surface area contributed by atoms with Gasteiger partial charge in [-0.15, -0.1) is 0 Å². The van der Waals surface area contributed by atoms with E-state index in [1.165, 1.54) is 12.7 Å². The average molecular weight is 316 g/mol. The van der Waals surface area contributed by atoms with Gasteiger partial charge < -0.3 is 4.74 Å². The third kappa shape index (κ3) is 2.65.